The fraction of sp³-hybridized carbons (Fsp3) is 0.400. The van der Waals surface area contributed by atoms with Gasteiger partial charge in [-0.3, -0.25) is 9.69 Å². The van der Waals surface area contributed by atoms with Crippen LogP contribution in [-0.2, 0) is 17.9 Å². The molecule has 1 atom stereocenters. The summed E-state index contributed by atoms with van der Waals surface area (Å²) in [7, 11) is 0. The molecule has 1 aromatic carbocycles. The van der Waals surface area contributed by atoms with Crippen LogP contribution in [0.1, 0.15) is 31.1 Å². The maximum Gasteiger partial charge on any atom is 0.235 e. The third-order valence-corrected chi connectivity index (χ3v) is 4.60. The second kappa shape index (κ2) is 7.54. The van der Waals surface area contributed by atoms with E-state index < -0.39 is 5.54 Å². The van der Waals surface area contributed by atoms with Crippen molar-refractivity contribution in [1.82, 2.24) is 10.2 Å². The largest absolute Gasteiger partial charge is 0.468 e. The van der Waals surface area contributed by atoms with E-state index in [1.165, 1.54) is 0 Å². The molecule has 0 radical (unpaired) electrons. The molecule has 1 amide bonds. The van der Waals surface area contributed by atoms with Crippen LogP contribution in [0.4, 0.5) is 0 Å². The van der Waals surface area contributed by atoms with E-state index in [1.807, 2.05) is 54.3 Å². The Kier molecular flexibility index (Phi) is 5.20. The summed E-state index contributed by atoms with van der Waals surface area (Å²) in [5.74, 6) is 0.960. The van der Waals surface area contributed by atoms with Gasteiger partial charge in [0.05, 0.1) is 25.4 Å². The van der Waals surface area contributed by atoms with Gasteiger partial charge in [0, 0.05) is 6.54 Å². The molecular weight excluding hydrogens is 314 g/mol. The first-order valence-corrected chi connectivity index (χ1v) is 8.60. The third kappa shape index (κ3) is 4.71. The predicted molar refractivity (Wildman–Crippen MR) is 94.1 cm³/mol. The first kappa shape index (κ1) is 17.2. The van der Waals surface area contributed by atoms with E-state index in [4.69, 9.17) is 4.42 Å². The SMILES string of the molecule is C[C@](C#N)(NC(=O)CN(Cc1ccccc1)Cc1ccco1)C1CC1. The van der Waals surface area contributed by atoms with Crippen molar-refractivity contribution in [1.29, 1.82) is 5.26 Å². The van der Waals surface area contributed by atoms with Crippen molar-refractivity contribution in [3.63, 3.8) is 0 Å². The van der Waals surface area contributed by atoms with Crippen LogP contribution in [0.2, 0.25) is 0 Å². The highest BCUT2D eigenvalue weighted by atomic mass is 16.3. The number of carbonyl (C=O) groups excluding carboxylic acids is 1. The van der Waals surface area contributed by atoms with Gasteiger partial charge in [-0.15, -0.1) is 0 Å². The van der Waals surface area contributed by atoms with Crippen molar-refractivity contribution >= 4 is 5.91 Å². The Morgan fingerprint density at radius 2 is 2.04 bits per heavy atom. The molecule has 3 rings (SSSR count). The predicted octanol–water partition coefficient (Wildman–Crippen LogP) is 3.09. The van der Waals surface area contributed by atoms with Crippen molar-refractivity contribution in [2.45, 2.75) is 38.4 Å². The highest BCUT2D eigenvalue weighted by molar-refractivity contribution is 5.79. The van der Waals surface area contributed by atoms with E-state index >= 15 is 0 Å². The summed E-state index contributed by atoms with van der Waals surface area (Å²) in [5.41, 5.74) is 0.368. The highest BCUT2D eigenvalue weighted by Gasteiger charge is 2.43. The zero-order chi connectivity index (χ0) is 17.7. The van der Waals surface area contributed by atoms with E-state index in [9.17, 15) is 10.1 Å². The molecule has 1 fully saturated rings. The number of hydrogen-bond donors (Lipinski definition) is 1. The van der Waals surface area contributed by atoms with Gasteiger partial charge in [-0.05, 0) is 43.4 Å². The summed E-state index contributed by atoms with van der Waals surface area (Å²) in [6.45, 7) is 3.22. The van der Waals surface area contributed by atoms with Crippen molar-refractivity contribution < 1.29 is 9.21 Å². The molecule has 1 heterocycles. The number of nitrogens with zero attached hydrogens (tertiary/aromatic N) is 2. The number of nitrogens with one attached hydrogen (secondary N) is 1. The standard InChI is InChI=1S/C20H23N3O2/c1-20(15-21,17-9-10-17)22-19(24)14-23(13-18-8-5-11-25-18)12-16-6-3-2-4-7-16/h2-8,11,17H,9-10,12-14H2,1H3,(H,22,24)/t20-/m1/s1. The van der Waals surface area contributed by atoms with Crippen LogP contribution >= 0.6 is 0 Å². The van der Waals surface area contributed by atoms with Crippen molar-refractivity contribution in [3.05, 3.63) is 60.1 Å². The molecule has 0 bridgehead atoms. The van der Waals surface area contributed by atoms with Crippen molar-refractivity contribution in [2.75, 3.05) is 6.54 Å². The van der Waals surface area contributed by atoms with E-state index in [2.05, 4.69) is 11.4 Å². The number of hydrogen-bond acceptors (Lipinski definition) is 4. The average Bonchev–Trinajstić information content (AvgIpc) is 3.35. The Hall–Kier alpha value is -2.58. The molecule has 1 aliphatic rings. The summed E-state index contributed by atoms with van der Waals surface area (Å²) < 4.78 is 5.43. The summed E-state index contributed by atoms with van der Waals surface area (Å²) in [6.07, 6.45) is 3.64. The van der Waals surface area contributed by atoms with Crippen LogP contribution in [0.3, 0.4) is 0 Å². The second-order valence-corrected chi connectivity index (χ2v) is 6.85. The number of benzene rings is 1. The van der Waals surface area contributed by atoms with Crippen LogP contribution < -0.4 is 5.32 Å². The normalized spacial score (nSPS) is 16.2. The molecule has 0 spiro atoms. The van der Waals surface area contributed by atoms with E-state index in [0.717, 1.165) is 24.2 Å². The summed E-state index contributed by atoms with van der Waals surface area (Å²) in [4.78, 5) is 14.6. The maximum atomic E-state index is 12.5. The molecule has 2 aromatic rings. The first-order chi connectivity index (χ1) is 12.1. The molecule has 1 saturated carbocycles. The third-order valence-electron chi connectivity index (χ3n) is 4.60. The first-order valence-electron chi connectivity index (χ1n) is 8.60. The van der Waals surface area contributed by atoms with Crippen LogP contribution in [-0.4, -0.2) is 22.9 Å². The molecule has 1 N–H and O–H groups in total. The second-order valence-electron chi connectivity index (χ2n) is 6.85. The fourth-order valence-corrected chi connectivity index (χ4v) is 3.05. The monoisotopic (exact) mass is 337 g/mol. The van der Waals surface area contributed by atoms with Gasteiger partial charge in [0.15, 0.2) is 0 Å². The van der Waals surface area contributed by atoms with Crippen LogP contribution in [0.5, 0.6) is 0 Å². The Labute approximate surface area is 148 Å². The Morgan fingerprint density at radius 1 is 1.28 bits per heavy atom. The molecule has 25 heavy (non-hydrogen) atoms. The van der Waals surface area contributed by atoms with E-state index in [1.54, 1.807) is 6.26 Å². The lowest BCUT2D eigenvalue weighted by molar-refractivity contribution is -0.124. The molecule has 0 unspecified atom stereocenters. The number of amides is 1. The Bertz CT molecular complexity index is 732. The quantitative estimate of drug-likeness (QED) is 0.804. The van der Waals surface area contributed by atoms with Gasteiger partial charge >= 0.3 is 0 Å². The molecular formula is C20H23N3O2. The van der Waals surface area contributed by atoms with Gasteiger partial charge in [0.1, 0.15) is 11.3 Å². The van der Waals surface area contributed by atoms with Gasteiger partial charge in [0.25, 0.3) is 0 Å². The zero-order valence-corrected chi connectivity index (χ0v) is 14.4. The molecule has 1 aromatic heterocycles. The fourth-order valence-electron chi connectivity index (χ4n) is 3.05. The number of nitriles is 1. The van der Waals surface area contributed by atoms with Crippen molar-refractivity contribution in [3.8, 4) is 6.07 Å². The number of furan rings is 1. The Morgan fingerprint density at radius 3 is 2.64 bits per heavy atom. The number of carbonyl (C=O) groups is 1. The van der Waals surface area contributed by atoms with Gasteiger partial charge in [-0.2, -0.15) is 5.26 Å². The van der Waals surface area contributed by atoms with E-state index in [-0.39, 0.29) is 18.4 Å². The van der Waals surface area contributed by atoms with Gasteiger partial charge in [-0.1, -0.05) is 30.3 Å². The number of rotatable bonds is 8. The summed E-state index contributed by atoms with van der Waals surface area (Å²) >= 11 is 0. The van der Waals surface area contributed by atoms with E-state index in [0.29, 0.717) is 13.1 Å². The highest BCUT2D eigenvalue weighted by Crippen LogP contribution is 2.39. The topological polar surface area (TPSA) is 69.3 Å². The Balaban J connectivity index is 1.66. The summed E-state index contributed by atoms with van der Waals surface area (Å²) in [5, 5.41) is 12.4. The van der Waals surface area contributed by atoms with Crippen LogP contribution in [0.25, 0.3) is 0 Å². The molecule has 5 nitrogen and oxygen atoms in total. The molecule has 1 aliphatic carbocycles. The van der Waals surface area contributed by atoms with Gasteiger partial charge in [-0.25, -0.2) is 0 Å². The minimum atomic E-state index is -0.764. The van der Waals surface area contributed by atoms with Gasteiger partial charge < -0.3 is 9.73 Å². The molecule has 130 valence electrons. The summed E-state index contributed by atoms with van der Waals surface area (Å²) in [6, 6.07) is 16.0. The molecule has 0 aliphatic heterocycles. The molecule has 5 heteroatoms. The van der Waals surface area contributed by atoms with Crippen LogP contribution in [0, 0.1) is 17.2 Å². The lowest BCUT2D eigenvalue weighted by Gasteiger charge is -2.26. The van der Waals surface area contributed by atoms with Crippen molar-refractivity contribution in [2.24, 2.45) is 5.92 Å². The molecule has 0 saturated heterocycles. The zero-order valence-electron chi connectivity index (χ0n) is 14.4. The maximum absolute atomic E-state index is 12.5. The lowest BCUT2D eigenvalue weighted by Crippen LogP contribution is -2.50. The minimum absolute atomic E-state index is 0.126. The van der Waals surface area contributed by atoms with Gasteiger partial charge in [0.2, 0.25) is 5.91 Å². The van der Waals surface area contributed by atoms with Crippen LogP contribution in [0.15, 0.2) is 53.1 Å². The average molecular weight is 337 g/mol. The smallest absolute Gasteiger partial charge is 0.235 e. The minimum Gasteiger partial charge on any atom is -0.468 e. The lowest BCUT2D eigenvalue weighted by atomic mass is 9.98.